The molecule has 0 unspecified atom stereocenters. The zero-order valence-electron chi connectivity index (χ0n) is 12.7. The van der Waals surface area contributed by atoms with Crippen LogP contribution in [0.1, 0.15) is 44.0 Å². The topological polar surface area (TPSA) is 78.0 Å². The molecule has 1 aromatic heterocycles. The summed E-state index contributed by atoms with van der Waals surface area (Å²) in [5, 5.41) is 12.3. The van der Waals surface area contributed by atoms with Gasteiger partial charge >= 0.3 is 5.97 Å². The van der Waals surface area contributed by atoms with Gasteiger partial charge in [-0.15, -0.1) is 0 Å². The third-order valence-corrected chi connectivity index (χ3v) is 4.35. The van der Waals surface area contributed by atoms with E-state index in [2.05, 4.69) is 17.2 Å². The Balaban J connectivity index is 1.97. The van der Waals surface area contributed by atoms with Gasteiger partial charge in [0.1, 0.15) is 5.82 Å². The fraction of sp³-hybridized carbons (Fsp3) is 0.412. The van der Waals surface area contributed by atoms with E-state index >= 15 is 0 Å². The lowest BCUT2D eigenvalue weighted by Crippen LogP contribution is -2.40. The van der Waals surface area contributed by atoms with Gasteiger partial charge in [0.2, 0.25) is 0 Å². The van der Waals surface area contributed by atoms with Crippen molar-refractivity contribution in [3.05, 3.63) is 35.7 Å². The second-order valence-electron chi connectivity index (χ2n) is 5.85. The lowest BCUT2D eigenvalue weighted by atomic mass is 9.96. The van der Waals surface area contributed by atoms with Crippen molar-refractivity contribution >= 4 is 23.1 Å². The molecule has 0 bridgehead atoms. The first kappa shape index (κ1) is 14.8. The standard InChI is InChI=1S/C17H21N3O2/c1-2-18-17(9-3-4-10-17)16-19-13-7-5-12(6-8-15(21)22)11-14(13)20-16/h5-8,11,18H,2-4,9-10H2,1H3,(H,19,20)(H,21,22)/b8-6+. The van der Waals surface area contributed by atoms with Crippen LogP contribution < -0.4 is 5.32 Å². The monoisotopic (exact) mass is 299 g/mol. The molecule has 0 saturated heterocycles. The van der Waals surface area contributed by atoms with E-state index in [1.54, 1.807) is 6.08 Å². The van der Waals surface area contributed by atoms with Crippen LogP contribution in [0.25, 0.3) is 17.1 Å². The average molecular weight is 299 g/mol. The van der Waals surface area contributed by atoms with E-state index in [1.165, 1.54) is 12.8 Å². The van der Waals surface area contributed by atoms with Gasteiger partial charge in [-0.25, -0.2) is 9.78 Å². The lowest BCUT2D eigenvalue weighted by Gasteiger charge is -2.27. The van der Waals surface area contributed by atoms with Crippen LogP contribution in [0.2, 0.25) is 0 Å². The molecule has 0 atom stereocenters. The van der Waals surface area contributed by atoms with E-state index in [9.17, 15) is 4.79 Å². The van der Waals surface area contributed by atoms with E-state index in [0.29, 0.717) is 0 Å². The van der Waals surface area contributed by atoms with Gasteiger partial charge in [0.25, 0.3) is 0 Å². The SMILES string of the molecule is CCNC1(c2nc3ccc(/C=C/C(=O)O)cc3[nH]2)CCCC1. The molecule has 1 aliphatic carbocycles. The summed E-state index contributed by atoms with van der Waals surface area (Å²) < 4.78 is 0. The molecule has 1 fully saturated rings. The number of H-pyrrole nitrogens is 1. The maximum absolute atomic E-state index is 10.6. The van der Waals surface area contributed by atoms with Crippen molar-refractivity contribution in [3.63, 3.8) is 0 Å². The van der Waals surface area contributed by atoms with Crippen molar-refractivity contribution in [3.8, 4) is 0 Å². The molecule has 2 aromatic rings. The average Bonchev–Trinajstić information content (AvgIpc) is 3.12. The third kappa shape index (κ3) is 2.76. The van der Waals surface area contributed by atoms with Gasteiger partial charge in [-0.3, -0.25) is 0 Å². The number of carboxylic acid groups (broad SMARTS) is 1. The molecule has 22 heavy (non-hydrogen) atoms. The number of hydrogen-bond donors (Lipinski definition) is 3. The highest BCUT2D eigenvalue weighted by atomic mass is 16.4. The predicted molar refractivity (Wildman–Crippen MR) is 86.6 cm³/mol. The van der Waals surface area contributed by atoms with Gasteiger partial charge in [0, 0.05) is 6.08 Å². The largest absolute Gasteiger partial charge is 0.478 e. The number of benzene rings is 1. The molecular weight excluding hydrogens is 278 g/mol. The summed E-state index contributed by atoms with van der Waals surface area (Å²) in [4.78, 5) is 18.8. The van der Waals surface area contributed by atoms with Crippen LogP contribution in [0.3, 0.4) is 0 Å². The zero-order valence-corrected chi connectivity index (χ0v) is 12.7. The van der Waals surface area contributed by atoms with Crippen LogP contribution in [-0.2, 0) is 10.3 Å². The summed E-state index contributed by atoms with van der Waals surface area (Å²) in [7, 11) is 0. The van der Waals surface area contributed by atoms with E-state index in [0.717, 1.165) is 47.9 Å². The van der Waals surface area contributed by atoms with Crippen molar-refractivity contribution < 1.29 is 9.90 Å². The summed E-state index contributed by atoms with van der Waals surface area (Å²) in [6.07, 6.45) is 7.39. The van der Waals surface area contributed by atoms with Crippen LogP contribution in [0, 0.1) is 0 Å². The van der Waals surface area contributed by atoms with Gasteiger partial charge < -0.3 is 15.4 Å². The highest BCUT2D eigenvalue weighted by Crippen LogP contribution is 2.38. The summed E-state index contributed by atoms with van der Waals surface area (Å²) in [5.74, 6) is 0.0589. The van der Waals surface area contributed by atoms with Gasteiger partial charge in [-0.1, -0.05) is 25.8 Å². The van der Waals surface area contributed by atoms with Gasteiger partial charge in [-0.05, 0) is 43.2 Å². The van der Waals surface area contributed by atoms with Crippen molar-refractivity contribution in [2.75, 3.05) is 6.54 Å². The number of nitrogens with one attached hydrogen (secondary N) is 2. The first-order chi connectivity index (χ1) is 10.6. The zero-order chi connectivity index (χ0) is 15.6. The molecule has 3 rings (SSSR count). The van der Waals surface area contributed by atoms with E-state index in [-0.39, 0.29) is 5.54 Å². The van der Waals surface area contributed by atoms with Crippen LogP contribution >= 0.6 is 0 Å². The number of fused-ring (bicyclic) bond motifs is 1. The number of rotatable bonds is 5. The first-order valence-electron chi connectivity index (χ1n) is 7.79. The molecule has 0 aliphatic heterocycles. The van der Waals surface area contributed by atoms with Crippen LogP contribution in [-0.4, -0.2) is 27.6 Å². The van der Waals surface area contributed by atoms with Crippen LogP contribution in [0.5, 0.6) is 0 Å². The highest BCUT2D eigenvalue weighted by molar-refractivity contribution is 5.86. The Morgan fingerprint density at radius 1 is 1.45 bits per heavy atom. The Bertz CT molecular complexity index is 712. The highest BCUT2D eigenvalue weighted by Gasteiger charge is 2.37. The maximum Gasteiger partial charge on any atom is 0.328 e. The molecule has 0 radical (unpaired) electrons. The summed E-state index contributed by atoms with van der Waals surface area (Å²) in [6.45, 7) is 3.04. The molecule has 116 valence electrons. The Labute approximate surface area is 129 Å². The lowest BCUT2D eigenvalue weighted by molar-refractivity contribution is -0.131. The molecular formula is C17H21N3O2. The minimum atomic E-state index is -0.942. The quantitative estimate of drug-likeness (QED) is 0.742. The normalized spacial score (nSPS) is 17.5. The molecule has 1 aromatic carbocycles. The molecule has 5 nitrogen and oxygen atoms in total. The van der Waals surface area contributed by atoms with Gasteiger partial charge in [0.05, 0.1) is 16.6 Å². The second kappa shape index (κ2) is 5.93. The number of aromatic amines is 1. The van der Waals surface area contributed by atoms with E-state index < -0.39 is 5.97 Å². The maximum atomic E-state index is 10.6. The number of carbonyl (C=O) groups is 1. The second-order valence-corrected chi connectivity index (χ2v) is 5.85. The smallest absolute Gasteiger partial charge is 0.328 e. The fourth-order valence-corrected chi connectivity index (χ4v) is 3.34. The predicted octanol–water partition coefficient (Wildman–Crippen LogP) is 3.04. The molecule has 0 spiro atoms. The minimum Gasteiger partial charge on any atom is -0.478 e. The number of aromatic nitrogens is 2. The Morgan fingerprint density at radius 2 is 2.23 bits per heavy atom. The van der Waals surface area contributed by atoms with E-state index in [4.69, 9.17) is 10.1 Å². The number of nitrogens with zero attached hydrogens (tertiary/aromatic N) is 1. The number of carboxylic acids is 1. The van der Waals surface area contributed by atoms with Crippen molar-refractivity contribution in [2.24, 2.45) is 0 Å². The number of imidazole rings is 1. The van der Waals surface area contributed by atoms with Crippen molar-refractivity contribution in [1.29, 1.82) is 0 Å². The van der Waals surface area contributed by atoms with Crippen molar-refractivity contribution in [1.82, 2.24) is 15.3 Å². The van der Waals surface area contributed by atoms with Crippen molar-refractivity contribution in [2.45, 2.75) is 38.1 Å². The van der Waals surface area contributed by atoms with Crippen LogP contribution in [0.15, 0.2) is 24.3 Å². The molecule has 0 amide bonds. The molecule has 3 N–H and O–H groups in total. The third-order valence-electron chi connectivity index (χ3n) is 4.35. The molecule has 1 saturated carbocycles. The number of hydrogen-bond acceptors (Lipinski definition) is 3. The molecule has 1 heterocycles. The first-order valence-corrected chi connectivity index (χ1v) is 7.79. The van der Waals surface area contributed by atoms with Crippen LogP contribution in [0.4, 0.5) is 0 Å². The molecule has 1 aliphatic rings. The van der Waals surface area contributed by atoms with Gasteiger partial charge in [0.15, 0.2) is 0 Å². The number of aliphatic carboxylic acids is 1. The molecule has 5 heteroatoms. The fourth-order valence-electron chi connectivity index (χ4n) is 3.34. The summed E-state index contributed by atoms with van der Waals surface area (Å²) in [6, 6.07) is 5.77. The Hall–Kier alpha value is -2.14. The Morgan fingerprint density at radius 3 is 2.91 bits per heavy atom. The summed E-state index contributed by atoms with van der Waals surface area (Å²) >= 11 is 0. The Kier molecular flexibility index (Phi) is 3.98. The minimum absolute atomic E-state index is 0.0369. The summed E-state index contributed by atoms with van der Waals surface area (Å²) in [5.41, 5.74) is 2.69. The van der Waals surface area contributed by atoms with Gasteiger partial charge in [-0.2, -0.15) is 0 Å². The van der Waals surface area contributed by atoms with E-state index in [1.807, 2.05) is 18.2 Å².